The summed E-state index contributed by atoms with van der Waals surface area (Å²) in [7, 11) is 1.57. The fraction of sp³-hybridized carbons (Fsp3) is 0.148. The van der Waals surface area contributed by atoms with E-state index in [0.29, 0.717) is 16.1 Å². The molecule has 0 N–H and O–H groups in total. The molecule has 1 aromatic heterocycles. The van der Waals surface area contributed by atoms with Crippen LogP contribution >= 0.6 is 11.3 Å². The van der Waals surface area contributed by atoms with E-state index in [0.717, 1.165) is 21.7 Å². The maximum absolute atomic E-state index is 13.4. The summed E-state index contributed by atoms with van der Waals surface area (Å²) in [6.07, 6.45) is 0. The molecular weight excluding hydrogens is 432 g/mol. The van der Waals surface area contributed by atoms with Crippen LogP contribution in [0.5, 0.6) is 5.75 Å². The molecule has 0 saturated heterocycles. The van der Waals surface area contributed by atoms with Crippen LogP contribution in [-0.4, -0.2) is 17.6 Å². The van der Waals surface area contributed by atoms with Gasteiger partial charge in [-0.15, -0.1) is 0 Å². The summed E-state index contributed by atoms with van der Waals surface area (Å²) >= 11 is 1.31. The molecule has 0 spiro atoms. The molecule has 4 aromatic rings. The van der Waals surface area contributed by atoms with Crippen molar-refractivity contribution in [3.8, 4) is 21.9 Å². The molecule has 0 saturated carbocycles. The van der Waals surface area contributed by atoms with Crippen LogP contribution in [0.25, 0.3) is 16.1 Å². The Hall–Kier alpha value is -3.77. The summed E-state index contributed by atoms with van der Waals surface area (Å²) in [4.78, 5) is 31.9. The van der Waals surface area contributed by atoms with Crippen molar-refractivity contribution >= 4 is 17.2 Å². The average Bonchev–Trinajstić information content (AvgIpc) is 2.84. The number of hydrogen-bond donors (Lipinski definition) is 0. The summed E-state index contributed by atoms with van der Waals surface area (Å²) < 4.78 is 6.71. The van der Waals surface area contributed by atoms with Crippen LogP contribution in [0.2, 0.25) is 0 Å². The Morgan fingerprint density at radius 3 is 2.27 bits per heavy atom. The molecule has 0 aliphatic rings. The third-order valence-electron chi connectivity index (χ3n) is 5.26. The normalized spacial score (nSPS) is 11.6. The van der Waals surface area contributed by atoms with Crippen molar-refractivity contribution in [2.24, 2.45) is 4.99 Å². The molecular formula is C27H24N2O3S. The highest BCUT2D eigenvalue weighted by Crippen LogP contribution is 2.24. The second kappa shape index (κ2) is 9.79. The van der Waals surface area contributed by atoms with Crippen molar-refractivity contribution in [1.82, 2.24) is 4.57 Å². The molecule has 0 fully saturated rings. The van der Waals surface area contributed by atoms with Crippen LogP contribution in [0.4, 0.5) is 0 Å². The largest absolute Gasteiger partial charge is 0.497 e. The number of aromatic nitrogens is 1. The molecule has 0 radical (unpaired) electrons. The lowest BCUT2D eigenvalue weighted by molar-refractivity contribution is 0.0998. The van der Waals surface area contributed by atoms with Crippen molar-refractivity contribution in [3.05, 3.63) is 111 Å². The third kappa shape index (κ3) is 4.86. The number of ether oxygens (including phenoxy) is 1. The first-order valence-corrected chi connectivity index (χ1v) is 11.4. The predicted molar refractivity (Wildman–Crippen MR) is 132 cm³/mol. The number of rotatable bonds is 5. The summed E-state index contributed by atoms with van der Waals surface area (Å²) in [5, 5.41) is 0. The first-order valence-electron chi connectivity index (χ1n) is 10.6. The van der Waals surface area contributed by atoms with Crippen molar-refractivity contribution < 1.29 is 9.53 Å². The van der Waals surface area contributed by atoms with Crippen LogP contribution in [0.3, 0.4) is 0 Å². The minimum Gasteiger partial charge on any atom is -0.497 e. The van der Waals surface area contributed by atoms with Gasteiger partial charge in [0.25, 0.3) is 11.5 Å². The number of carbonyl (C=O) groups excluding carboxylic acids is 1. The van der Waals surface area contributed by atoms with Crippen LogP contribution in [0, 0.1) is 0 Å². The fourth-order valence-corrected chi connectivity index (χ4v) is 4.57. The van der Waals surface area contributed by atoms with E-state index in [1.165, 1.54) is 15.9 Å². The van der Waals surface area contributed by atoms with Gasteiger partial charge in [0.05, 0.1) is 12.8 Å². The number of nitrogens with zero attached hydrogens (tertiary/aromatic N) is 2. The Labute approximate surface area is 196 Å². The molecule has 1 amide bonds. The molecule has 166 valence electrons. The molecule has 5 nitrogen and oxygen atoms in total. The summed E-state index contributed by atoms with van der Waals surface area (Å²) in [5.74, 6) is 0.425. The lowest BCUT2D eigenvalue weighted by Crippen LogP contribution is -2.31. The van der Waals surface area contributed by atoms with Gasteiger partial charge in [0.1, 0.15) is 5.75 Å². The van der Waals surface area contributed by atoms with E-state index < -0.39 is 5.91 Å². The molecule has 0 atom stereocenters. The zero-order chi connectivity index (χ0) is 23.4. The lowest BCUT2D eigenvalue weighted by Gasteiger charge is -2.15. The Bertz CT molecular complexity index is 1400. The highest BCUT2D eigenvalue weighted by atomic mass is 32.1. The molecule has 0 bridgehead atoms. The average molecular weight is 457 g/mol. The van der Waals surface area contributed by atoms with Gasteiger partial charge in [0, 0.05) is 16.5 Å². The maximum atomic E-state index is 13.4. The van der Waals surface area contributed by atoms with Crippen molar-refractivity contribution in [1.29, 1.82) is 0 Å². The standard InChI is InChI=1S/C27H24N2O3S/c1-18(2)22-11-7-8-12-23(22)29-25(30)17-24(19-9-5-4-6-10-19)33-27(29)28-26(31)20-13-15-21(32-3)16-14-20/h4-18H,1-3H3/b28-27-. The van der Waals surface area contributed by atoms with Gasteiger partial charge in [-0.3, -0.25) is 14.2 Å². The number of amides is 1. The Morgan fingerprint density at radius 2 is 1.61 bits per heavy atom. The number of para-hydroxylation sites is 1. The van der Waals surface area contributed by atoms with Gasteiger partial charge in [0.15, 0.2) is 0 Å². The van der Waals surface area contributed by atoms with E-state index in [1.807, 2.05) is 54.6 Å². The van der Waals surface area contributed by atoms with E-state index in [9.17, 15) is 9.59 Å². The van der Waals surface area contributed by atoms with Crippen LogP contribution in [-0.2, 0) is 0 Å². The minimum atomic E-state index is -0.422. The van der Waals surface area contributed by atoms with Crippen LogP contribution in [0.15, 0.2) is 94.7 Å². The summed E-state index contributed by atoms with van der Waals surface area (Å²) in [6.45, 7) is 4.15. The second-order valence-electron chi connectivity index (χ2n) is 7.79. The number of hydrogen-bond acceptors (Lipinski definition) is 4. The molecule has 33 heavy (non-hydrogen) atoms. The summed E-state index contributed by atoms with van der Waals surface area (Å²) in [5.41, 5.74) is 2.82. The molecule has 0 unspecified atom stereocenters. The fourth-order valence-electron chi connectivity index (χ4n) is 3.55. The van der Waals surface area contributed by atoms with Gasteiger partial charge < -0.3 is 4.74 Å². The first kappa shape index (κ1) is 22.4. The Kier molecular flexibility index (Phi) is 6.66. The third-order valence-corrected chi connectivity index (χ3v) is 6.29. The van der Waals surface area contributed by atoms with Gasteiger partial charge in [-0.1, -0.05) is 73.7 Å². The van der Waals surface area contributed by atoms with Crippen LogP contribution < -0.4 is 15.1 Å². The summed E-state index contributed by atoms with van der Waals surface area (Å²) in [6, 6.07) is 25.7. The van der Waals surface area contributed by atoms with Crippen molar-refractivity contribution in [2.45, 2.75) is 19.8 Å². The molecule has 0 aliphatic carbocycles. The Morgan fingerprint density at radius 1 is 0.939 bits per heavy atom. The quantitative estimate of drug-likeness (QED) is 0.402. The highest BCUT2D eigenvalue weighted by molar-refractivity contribution is 7.12. The van der Waals surface area contributed by atoms with Gasteiger partial charge in [0.2, 0.25) is 4.80 Å². The molecule has 0 aliphatic heterocycles. The van der Waals surface area contributed by atoms with E-state index in [1.54, 1.807) is 37.4 Å². The van der Waals surface area contributed by atoms with Crippen molar-refractivity contribution in [2.75, 3.05) is 7.11 Å². The topological polar surface area (TPSA) is 60.7 Å². The monoisotopic (exact) mass is 456 g/mol. The zero-order valence-electron chi connectivity index (χ0n) is 18.7. The van der Waals surface area contributed by atoms with E-state index in [2.05, 4.69) is 18.8 Å². The SMILES string of the molecule is COc1ccc(C(=O)/N=c2\sc(-c3ccccc3)cc(=O)n2-c2ccccc2C(C)C)cc1. The van der Waals surface area contributed by atoms with Crippen molar-refractivity contribution in [3.63, 3.8) is 0 Å². The van der Waals surface area contributed by atoms with E-state index >= 15 is 0 Å². The smallest absolute Gasteiger partial charge is 0.279 e. The number of methoxy groups -OCH3 is 1. The predicted octanol–water partition coefficient (Wildman–Crippen LogP) is 5.44. The van der Waals surface area contributed by atoms with Gasteiger partial charge in [-0.2, -0.15) is 4.99 Å². The maximum Gasteiger partial charge on any atom is 0.279 e. The van der Waals surface area contributed by atoms with Crippen LogP contribution in [0.1, 0.15) is 35.7 Å². The minimum absolute atomic E-state index is 0.192. The van der Waals surface area contributed by atoms with Gasteiger partial charge in [-0.25, -0.2) is 0 Å². The Balaban J connectivity index is 1.96. The second-order valence-corrected chi connectivity index (χ2v) is 8.80. The molecule has 3 aromatic carbocycles. The van der Waals surface area contributed by atoms with E-state index in [4.69, 9.17) is 4.74 Å². The molecule has 4 rings (SSSR count). The zero-order valence-corrected chi connectivity index (χ0v) is 19.5. The molecule has 6 heteroatoms. The van der Waals surface area contributed by atoms with E-state index in [-0.39, 0.29) is 11.5 Å². The highest BCUT2D eigenvalue weighted by Gasteiger charge is 2.14. The van der Waals surface area contributed by atoms with Gasteiger partial charge in [-0.05, 0) is 47.4 Å². The first-order chi connectivity index (χ1) is 16.0. The molecule has 1 heterocycles. The number of benzene rings is 3. The lowest BCUT2D eigenvalue weighted by atomic mass is 10.0. The number of carbonyl (C=O) groups is 1. The van der Waals surface area contributed by atoms with Gasteiger partial charge >= 0.3 is 0 Å².